The predicted octanol–water partition coefficient (Wildman–Crippen LogP) is 1.57. The highest BCUT2D eigenvalue weighted by atomic mass is 16.6. The van der Waals surface area contributed by atoms with E-state index in [0.29, 0.717) is 11.8 Å². The third-order valence-corrected chi connectivity index (χ3v) is 3.46. The highest BCUT2D eigenvalue weighted by Gasteiger charge is 2.50. The molecule has 0 bridgehead atoms. The number of aliphatic hydroxyl groups excluding tert-OH is 1. The van der Waals surface area contributed by atoms with E-state index >= 15 is 0 Å². The first-order chi connectivity index (χ1) is 5.62. The highest BCUT2D eigenvalue weighted by molar-refractivity contribution is 4.99. The van der Waals surface area contributed by atoms with Crippen molar-refractivity contribution < 1.29 is 9.84 Å². The Hall–Kier alpha value is -0.0800. The summed E-state index contributed by atoms with van der Waals surface area (Å²) in [6, 6.07) is 0. The molecule has 1 N–H and O–H groups in total. The van der Waals surface area contributed by atoms with Crippen molar-refractivity contribution in [2.75, 3.05) is 6.61 Å². The average molecular weight is 170 g/mol. The van der Waals surface area contributed by atoms with Crippen molar-refractivity contribution in [2.45, 2.75) is 44.8 Å². The Kier molecular flexibility index (Phi) is 1.92. The maximum atomic E-state index is 9.83. The minimum atomic E-state index is -0.124. The van der Waals surface area contributed by atoms with E-state index in [2.05, 4.69) is 13.8 Å². The lowest BCUT2D eigenvalue weighted by Crippen LogP contribution is -2.37. The Morgan fingerprint density at radius 3 is 2.58 bits per heavy atom. The van der Waals surface area contributed by atoms with Crippen LogP contribution in [0.1, 0.15) is 33.1 Å². The fourth-order valence-corrected chi connectivity index (χ4v) is 2.39. The molecule has 0 amide bonds. The van der Waals surface area contributed by atoms with Gasteiger partial charge in [0.2, 0.25) is 0 Å². The van der Waals surface area contributed by atoms with Crippen LogP contribution in [0.4, 0.5) is 0 Å². The molecule has 12 heavy (non-hydrogen) atoms. The number of aliphatic hydroxyl groups is 1. The summed E-state index contributed by atoms with van der Waals surface area (Å²) < 4.78 is 5.38. The maximum absolute atomic E-state index is 9.83. The Labute approximate surface area is 73.9 Å². The molecule has 2 heteroatoms. The normalized spacial score (nSPS) is 53.8. The van der Waals surface area contributed by atoms with Crippen molar-refractivity contribution in [3.8, 4) is 0 Å². The van der Waals surface area contributed by atoms with E-state index < -0.39 is 0 Å². The Morgan fingerprint density at radius 2 is 2.08 bits per heavy atom. The lowest BCUT2D eigenvalue weighted by Gasteiger charge is -2.33. The molecule has 1 saturated heterocycles. The van der Waals surface area contributed by atoms with Gasteiger partial charge in [0.25, 0.3) is 0 Å². The van der Waals surface area contributed by atoms with Crippen LogP contribution in [0.3, 0.4) is 0 Å². The van der Waals surface area contributed by atoms with Crippen LogP contribution in [0.15, 0.2) is 0 Å². The SMILES string of the molecule is C[C@@H]1CC[C@@H]([C@@]2(C)CO2)[C@H](O)C1. The Bertz CT molecular complexity index is 175. The number of epoxide rings is 1. The van der Waals surface area contributed by atoms with Gasteiger partial charge in [-0.15, -0.1) is 0 Å². The first-order valence-electron chi connectivity index (χ1n) is 4.94. The molecule has 0 spiro atoms. The number of hydrogen-bond donors (Lipinski definition) is 1. The first kappa shape index (κ1) is 8.52. The zero-order chi connectivity index (χ0) is 8.77. The van der Waals surface area contributed by atoms with Gasteiger partial charge in [-0.05, 0) is 25.7 Å². The fourth-order valence-electron chi connectivity index (χ4n) is 2.39. The topological polar surface area (TPSA) is 32.8 Å². The summed E-state index contributed by atoms with van der Waals surface area (Å²) in [6.45, 7) is 5.19. The molecule has 2 fully saturated rings. The van der Waals surface area contributed by atoms with Gasteiger partial charge in [0.05, 0.1) is 18.3 Å². The second-order valence-electron chi connectivity index (χ2n) is 4.69. The molecular formula is C10H18O2. The smallest absolute Gasteiger partial charge is 0.0941 e. The lowest BCUT2D eigenvalue weighted by atomic mass is 9.75. The van der Waals surface area contributed by atoms with E-state index in [1.54, 1.807) is 0 Å². The molecule has 2 nitrogen and oxygen atoms in total. The molecule has 2 rings (SSSR count). The number of ether oxygens (including phenoxy) is 1. The van der Waals surface area contributed by atoms with E-state index in [4.69, 9.17) is 4.74 Å². The average Bonchev–Trinajstić information content (AvgIpc) is 2.68. The molecule has 0 aromatic rings. The van der Waals surface area contributed by atoms with E-state index in [1.165, 1.54) is 6.42 Å². The molecule has 1 aliphatic heterocycles. The van der Waals surface area contributed by atoms with Crippen LogP contribution >= 0.6 is 0 Å². The summed E-state index contributed by atoms with van der Waals surface area (Å²) in [7, 11) is 0. The van der Waals surface area contributed by atoms with Gasteiger partial charge < -0.3 is 9.84 Å². The summed E-state index contributed by atoms with van der Waals surface area (Å²) in [6.07, 6.45) is 3.23. The van der Waals surface area contributed by atoms with Crippen LogP contribution in [0.5, 0.6) is 0 Å². The standard InChI is InChI=1S/C10H18O2/c1-7-3-4-8(9(11)5-7)10(2)6-12-10/h7-9,11H,3-6H2,1-2H3/t7-,8-,9-,10-/m1/s1. The summed E-state index contributed by atoms with van der Waals surface area (Å²) in [5.74, 6) is 1.09. The second-order valence-corrected chi connectivity index (χ2v) is 4.69. The monoisotopic (exact) mass is 170 g/mol. The van der Waals surface area contributed by atoms with Gasteiger partial charge in [-0.1, -0.05) is 13.3 Å². The molecule has 0 unspecified atom stereocenters. The maximum Gasteiger partial charge on any atom is 0.0941 e. The van der Waals surface area contributed by atoms with Crippen molar-refractivity contribution >= 4 is 0 Å². The van der Waals surface area contributed by atoms with Crippen molar-refractivity contribution in [3.05, 3.63) is 0 Å². The van der Waals surface area contributed by atoms with Crippen LogP contribution in [0.2, 0.25) is 0 Å². The number of rotatable bonds is 1. The van der Waals surface area contributed by atoms with Crippen LogP contribution in [-0.4, -0.2) is 23.4 Å². The van der Waals surface area contributed by atoms with Gasteiger partial charge in [-0.2, -0.15) is 0 Å². The Balaban J connectivity index is 1.98. The van der Waals surface area contributed by atoms with Crippen LogP contribution < -0.4 is 0 Å². The van der Waals surface area contributed by atoms with Crippen LogP contribution in [-0.2, 0) is 4.74 Å². The summed E-state index contributed by atoms with van der Waals surface area (Å²) >= 11 is 0. The molecule has 1 heterocycles. The minimum absolute atomic E-state index is 0.0273. The lowest BCUT2D eigenvalue weighted by molar-refractivity contribution is 0.0103. The van der Waals surface area contributed by atoms with Crippen molar-refractivity contribution in [1.82, 2.24) is 0 Å². The molecule has 1 aliphatic carbocycles. The van der Waals surface area contributed by atoms with Gasteiger partial charge in [-0.25, -0.2) is 0 Å². The minimum Gasteiger partial charge on any atom is -0.393 e. The first-order valence-corrected chi connectivity index (χ1v) is 4.94. The van der Waals surface area contributed by atoms with Crippen LogP contribution in [0, 0.1) is 11.8 Å². The van der Waals surface area contributed by atoms with E-state index in [-0.39, 0.29) is 11.7 Å². The highest BCUT2D eigenvalue weighted by Crippen LogP contribution is 2.44. The Morgan fingerprint density at radius 1 is 1.42 bits per heavy atom. The molecule has 0 aromatic carbocycles. The number of hydrogen-bond acceptors (Lipinski definition) is 2. The molecule has 4 atom stereocenters. The van der Waals surface area contributed by atoms with Crippen molar-refractivity contribution in [3.63, 3.8) is 0 Å². The van der Waals surface area contributed by atoms with Gasteiger partial charge in [0, 0.05) is 5.92 Å². The quantitative estimate of drug-likeness (QED) is 0.606. The van der Waals surface area contributed by atoms with E-state index in [1.807, 2.05) is 0 Å². The molecule has 0 radical (unpaired) electrons. The second kappa shape index (κ2) is 2.71. The third kappa shape index (κ3) is 1.38. The van der Waals surface area contributed by atoms with Gasteiger partial charge in [-0.3, -0.25) is 0 Å². The van der Waals surface area contributed by atoms with E-state index in [0.717, 1.165) is 19.4 Å². The van der Waals surface area contributed by atoms with Crippen molar-refractivity contribution in [1.29, 1.82) is 0 Å². The molecule has 0 aromatic heterocycles. The fraction of sp³-hybridized carbons (Fsp3) is 1.00. The molecule has 70 valence electrons. The van der Waals surface area contributed by atoms with Gasteiger partial charge >= 0.3 is 0 Å². The summed E-state index contributed by atoms with van der Waals surface area (Å²) in [5, 5.41) is 9.83. The van der Waals surface area contributed by atoms with Crippen LogP contribution in [0.25, 0.3) is 0 Å². The molecular weight excluding hydrogens is 152 g/mol. The van der Waals surface area contributed by atoms with Gasteiger partial charge in [0.15, 0.2) is 0 Å². The summed E-state index contributed by atoms with van der Waals surface area (Å²) in [4.78, 5) is 0. The summed E-state index contributed by atoms with van der Waals surface area (Å²) in [5.41, 5.74) is 0.0273. The molecule has 2 aliphatic rings. The predicted molar refractivity (Wildman–Crippen MR) is 46.9 cm³/mol. The molecule has 1 saturated carbocycles. The van der Waals surface area contributed by atoms with Gasteiger partial charge in [0.1, 0.15) is 0 Å². The zero-order valence-corrected chi connectivity index (χ0v) is 7.92. The van der Waals surface area contributed by atoms with Crippen molar-refractivity contribution in [2.24, 2.45) is 11.8 Å². The van der Waals surface area contributed by atoms with E-state index in [9.17, 15) is 5.11 Å². The third-order valence-electron chi connectivity index (χ3n) is 3.46. The largest absolute Gasteiger partial charge is 0.393 e. The zero-order valence-electron chi connectivity index (χ0n) is 7.92.